The van der Waals surface area contributed by atoms with Crippen molar-refractivity contribution in [3.05, 3.63) is 18.2 Å². The van der Waals surface area contributed by atoms with Gasteiger partial charge < -0.3 is 5.32 Å². The van der Waals surface area contributed by atoms with Gasteiger partial charge in [-0.15, -0.1) is 0 Å². The molecule has 0 aliphatic rings. The molecule has 0 aromatic carbocycles. The van der Waals surface area contributed by atoms with Gasteiger partial charge in [0.05, 0.1) is 0 Å². The number of aromatic nitrogens is 5. The SMILES string of the molecule is CCNc1ncnc(Sc2ncn[nH]2)c1C(C)C. The normalized spacial score (nSPS) is 10.9. The van der Waals surface area contributed by atoms with Crippen LogP contribution < -0.4 is 5.32 Å². The highest BCUT2D eigenvalue weighted by molar-refractivity contribution is 7.99. The zero-order valence-electron chi connectivity index (χ0n) is 10.6. The fourth-order valence-electron chi connectivity index (χ4n) is 1.62. The summed E-state index contributed by atoms with van der Waals surface area (Å²) < 4.78 is 0. The van der Waals surface area contributed by atoms with Crippen LogP contribution in [0.1, 0.15) is 32.3 Å². The van der Waals surface area contributed by atoms with Gasteiger partial charge in [0.25, 0.3) is 0 Å². The molecule has 0 atom stereocenters. The summed E-state index contributed by atoms with van der Waals surface area (Å²) in [5, 5.41) is 11.6. The maximum atomic E-state index is 4.34. The average molecular weight is 264 g/mol. The first-order valence-corrected chi connectivity index (χ1v) is 6.66. The van der Waals surface area contributed by atoms with E-state index in [0.29, 0.717) is 5.92 Å². The third-order valence-corrected chi connectivity index (χ3v) is 3.26. The molecular formula is C11H16N6S. The number of hydrogen-bond acceptors (Lipinski definition) is 6. The number of rotatable bonds is 5. The van der Waals surface area contributed by atoms with Crippen molar-refractivity contribution in [1.29, 1.82) is 0 Å². The van der Waals surface area contributed by atoms with E-state index in [9.17, 15) is 0 Å². The van der Waals surface area contributed by atoms with Crippen molar-refractivity contribution in [2.45, 2.75) is 36.9 Å². The molecule has 0 saturated heterocycles. The van der Waals surface area contributed by atoms with Gasteiger partial charge in [0.15, 0.2) is 5.16 Å². The lowest BCUT2D eigenvalue weighted by molar-refractivity contribution is 0.801. The van der Waals surface area contributed by atoms with E-state index in [1.165, 1.54) is 18.1 Å². The number of nitrogens with one attached hydrogen (secondary N) is 2. The van der Waals surface area contributed by atoms with E-state index < -0.39 is 0 Å². The molecule has 2 rings (SSSR count). The maximum absolute atomic E-state index is 4.34. The number of H-pyrrole nitrogens is 1. The van der Waals surface area contributed by atoms with Crippen LogP contribution in [0.3, 0.4) is 0 Å². The van der Waals surface area contributed by atoms with Crippen LogP contribution in [0.25, 0.3) is 0 Å². The highest BCUT2D eigenvalue weighted by Crippen LogP contribution is 2.33. The first kappa shape index (κ1) is 12.8. The van der Waals surface area contributed by atoms with Crippen molar-refractivity contribution >= 4 is 17.6 Å². The van der Waals surface area contributed by atoms with E-state index in [1.807, 2.05) is 0 Å². The smallest absolute Gasteiger partial charge is 0.189 e. The van der Waals surface area contributed by atoms with Gasteiger partial charge in [0.1, 0.15) is 23.5 Å². The standard InChI is InChI=1S/C11H16N6S/c1-4-12-9-8(7(2)3)10(14-5-13-9)18-11-15-6-16-17-11/h5-7H,4H2,1-3H3,(H,12,13,14)(H,15,16,17). The molecule has 2 aromatic heterocycles. The fraction of sp³-hybridized carbons (Fsp3) is 0.455. The zero-order valence-corrected chi connectivity index (χ0v) is 11.5. The van der Waals surface area contributed by atoms with Crippen molar-refractivity contribution in [2.75, 3.05) is 11.9 Å². The molecule has 0 saturated carbocycles. The first-order valence-electron chi connectivity index (χ1n) is 5.84. The summed E-state index contributed by atoms with van der Waals surface area (Å²) in [6, 6.07) is 0. The molecule has 2 heterocycles. The summed E-state index contributed by atoms with van der Waals surface area (Å²) in [4.78, 5) is 12.7. The lowest BCUT2D eigenvalue weighted by atomic mass is 10.1. The fourth-order valence-corrected chi connectivity index (χ4v) is 2.55. The molecule has 18 heavy (non-hydrogen) atoms. The van der Waals surface area contributed by atoms with Crippen molar-refractivity contribution in [3.8, 4) is 0 Å². The molecule has 6 nitrogen and oxygen atoms in total. The van der Waals surface area contributed by atoms with Gasteiger partial charge in [-0.25, -0.2) is 15.0 Å². The van der Waals surface area contributed by atoms with Crippen LogP contribution >= 0.6 is 11.8 Å². The molecule has 0 bridgehead atoms. The van der Waals surface area contributed by atoms with Gasteiger partial charge >= 0.3 is 0 Å². The van der Waals surface area contributed by atoms with Crippen LogP contribution in [0.15, 0.2) is 22.8 Å². The number of anilines is 1. The minimum atomic E-state index is 0.339. The number of hydrogen-bond donors (Lipinski definition) is 2. The van der Waals surface area contributed by atoms with Crippen molar-refractivity contribution in [3.63, 3.8) is 0 Å². The molecular weight excluding hydrogens is 248 g/mol. The van der Waals surface area contributed by atoms with Crippen LogP contribution in [0.2, 0.25) is 0 Å². The lowest BCUT2D eigenvalue weighted by Gasteiger charge is -2.15. The van der Waals surface area contributed by atoms with Crippen molar-refractivity contribution in [2.24, 2.45) is 0 Å². The molecule has 0 radical (unpaired) electrons. The van der Waals surface area contributed by atoms with Crippen LogP contribution in [0.4, 0.5) is 5.82 Å². The Bertz CT molecular complexity index is 496. The van der Waals surface area contributed by atoms with Crippen LogP contribution in [0.5, 0.6) is 0 Å². The predicted molar refractivity (Wildman–Crippen MR) is 70.8 cm³/mol. The van der Waals surface area contributed by atoms with Crippen molar-refractivity contribution in [1.82, 2.24) is 25.1 Å². The molecule has 0 aliphatic heterocycles. The first-order chi connectivity index (χ1) is 8.72. The van der Waals surface area contributed by atoms with Crippen LogP contribution in [0, 0.1) is 0 Å². The Kier molecular flexibility index (Phi) is 4.14. The highest BCUT2D eigenvalue weighted by atomic mass is 32.2. The Hall–Kier alpha value is -1.63. The van der Waals surface area contributed by atoms with Gasteiger partial charge in [0.2, 0.25) is 0 Å². The Labute approximate surface area is 110 Å². The molecule has 0 amide bonds. The second-order valence-electron chi connectivity index (χ2n) is 4.02. The summed E-state index contributed by atoms with van der Waals surface area (Å²) >= 11 is 1.47. The molecule has 0 unspecified atom stereocenters. The van der Waals surface area contributed by atoms with E-state index in [1.54, 1.807) is 6.33 Å². The third kappa shape index (κ3) is 2.79. The zero-order chi connectivity index (χ0) is 13.0. The molecule has 0 fully saturated rings. The van der Waals surface area contributed by atoms with Gasteiger partial charge in [-0.2, -0.15) is 5.10 Å². The molecule has 2 aromatic rings. The Morgan fingerprint density at radius 2 is 2.11 bits per heavy atom. The van der Waals surface area contributed by atoms with E-state index >= 15 is 0 Å². The topological polar surface area (TPSA) is 79.4 Å². The van der Waals surface area contributed by atoms with E-state index in [2.05, 4.69) is 51.2 Å². The molecule has 0 aliphatic carbocycles. The summed E-state index contributed by atoms with van der Waals surface area (Å²) in [7, 11) is 0. The summed E-state index contributed by atoms with van der Waals surface area (Å²) in [5.41, 5.74) is 1.11. The summed E-state index contributed by atoms with van der Waals surface area (Å²) in [5.74, 6) is 1.23. The monoisotopic (exact) mass is 264 g/mol. The van der Waals surface area contributed by atoms with Crippen LogP contribution in [-0.2, 0) is 0 Å². The van der Waals surface area contributed by atoms with E-state index in [0.717, 1.165) is 28.1 Å². The highest BCUT2D eigenvalue weighted by Gasteiger charge is 2.16. The Balaban J connectivity index is 2.36. The maximum Gasteiger partial charge on any atom is 0.189 e. The third-order valence-electron chi connectivity index (χ3n) is 2.36. The minimum absolute atomic E-state index is 0.339. The lowest BCUT2D eigenvalue weighted by Crippen LogP contribution is -2.07. The Morgan fingerprint density at radius 3 is 2.72 bits per heavy atom. The molecule has 2 N–H and O–H groups in total. The molecule has 96 valence electrons. The average Bonchev–Trinajstić information content (AvgIpc) is 2.82. The molecule has 0 spiro atoms. The summed E-state index contributed by atoms with van der Waals surface area (Å²) in [6.45, 7) is 7.15. The van der Waals surface area contributed by atoms with Crippen LogP contribution in [-0.4, -0.2) is 31.7 Å². The number of aromatic amines is 1. The quantitative estimate of drug-likeness (QED) is 0.807. The largest absolute Gasteiger partial charge is 0.370 e. The Morgan fingerprint density at radius 1 is 1.28 bits per heavy atom. The van der Waals surface area contributed by atoms with Gasteiger partial charge in [0, 0.05) is 12.1 Å². The van der Waals surface area contributed by atoms with Gasteiger partial charge in [-0.3, -0.25) is 5.10 Å². The van der Waals surface area contributed by atoms with E-state index in [4.69, 9.17) is 0 Å². The van der Waals surface area contributed by atoms with Gasteiger partial charge in [-0.1, -0.05) is 13.8 Å². The van der Waals surface area contributed by atoms with Gasteiger partial charge in [-0.05, 0) is 24.6 Å². The second kappa shape index (κ2) is 5.81. The molecule has 7 heteroatoms. The predicted octanol–water partition coefficient (Wildman–Crippen LogP) is 2.30. The van der Waals surface area contributed by atoms with E-state index in [-0.39, 0.29) is 0 Å². The minimum Gasteiger partial charge on any atom is -0.370 e. The summed E-state index contributed by atoms with van der Waals surface area (Å²) in [6.07, 6.45) is 3.06. The second-order valence-corrected chi connectivity index (χ2v) is 5.00. The number of nitrogens with zero attached hydrogens (tertiary/aromatic N) is 4. The van der Waals surface area contributed by atoms with Crippen molar-refractivity contribution < 1.29 is 0 Å².